The lowest BCUT2D eigenvalue weighted by molar-refractivity contribution is 0.0527. The molecule has 2 aromatic carbocycles. The van der Waals surface area contributed by atoms with E-state index in [-0.39, 0.29) is 17.9 Å². The lowest BCUT2D eigenvalue weighted by Crippen LogP contribution is -2.09. The third-order valence-electron chi connectivity index (χ3n) is 2.74. The van der Waals surface area contributed by atoms with E-state index in [1.54, 1.807) is 19.1 Å². The van der Waals surface area contributed by atoms with Gasteiger partial charge in [-0.3, -0.25) is 0 Å². The molecule has 0 radical (unpaired) electrons. The SMILES string of the molecule is CCOC(=O)c1cc(N)ccc1Nc1cc(Cl)ccc1F. The fourth-order valence-corrected chi connectivity index (χ4v) is 1.96. The molecule has 0 aromatic heterocycles. The van der Waals surface area contributed by atoms with Crippen molar-refractivity contribution in [3.05, 3.63) is 52.8 Å². The van der Waals surface area contributed by atoms with Crippen LogP contribution in [0, 0.1) is 5.82 Å². The first-order valence-corrected chi connectivity index (χ1v) is 6.67. The van der Waals surface area contributed by atoms with Crippen LogP contribution in [0.25, 0.3) is 0 Å². The molecule has 0 aliphatic heterocycles. The van der Waals surface area contributed by atoms with Gasteiger partial charge in [0.15, 0.2) is 0 Å². The lowest BCUT2D eigenvalue weighted by Gasteiger charge is -2.13. The average Bonchev–Trinajstić information content (AvgIpc) is 2.45. The first-order chi connectivity index (χ1) is 10.0. The number of carbonyl (C=O) groups excluding carboxylic acids is 1. The van der Waals surface area contributed by atoms with Crippen molar-refractivity contribution in [3.8, 4) is 0 Å². The zero-order chi connectivity index (χ0) is 15.4. The molecule has 6 heteroatoms. The number of benzene rings is 2. The Bertz CT molecular complexity index is 677. The summed E-state index contributed by atoms with van der Waals surface area (Å²) < 4.78 is 18.7. The second-order valence-corrected chi connectivity index (χ2v) is 4.71. The summed E-state index contributed by atoms with van der Waals surface area (Å²) in [4.78, 5) is 11.9. The third kappa shape index (κ3) is 3.64. The molecule has 0 unspecified atom stereocenters. The van der Waals surface area contributed by atoms with Crippen molar-refractivity contribution >= 4 is 34.6 Å². The number of hydrogen-bond acceptors (Lipinski definition) is 4. The molecular weight excluding hydrogens is 295 g/mol. The highest BCUT2D eigenvalue weighted by molar-refractivity contribution is 6.30. The standard InChI is InChI=1S/C15H14ClFN2O2/c1-2-21-15(20)11-8-10(18)4-6-13(11)19-14-7-9(16)3-5-12(14)17/h3-8,19H,2,18H2,1H3. The lowest BCUT2D eigenvalue weighted by atomic mass is 10.1. The molecule has 21 heavy (non-hydrogen) atoms. The normalized spacial score (nSPS) is 10.2. The molecule has 0 fully saturated rings. The van der Waals surface area contributed by atoms with Crippen LogP contribution in [0.1, 0.15) is 17.3 Å². The summed E-state index contributed by atoms with van der Waals surface area (Å²) in [5.41, 5.74) is 6.88. The quantitative estimate of drug-likeness (QED) is 0.662. The maximum Gasteiger partial charge on any atom is 0.340 e. The molecule has 3 N–H and O–H groups in total. The Morgan fingerprint density at radius 1 is 1.29 bits per heavy atom. The Morgan fingerprint density at radius 3 is 2.76 bits per heavy atom. The molecular formula is C15H14ClFN2O2. The van der Waals surface area contributed by atoms with Crippen molar-refractivity contribution < 1.29 is 13.9 Å². The van der Waals surface area contributed by atoms with Crippen molar-refractivity contribution in [1.29, 1.82) is 0 Å². The molecule has 0 aliphatic rings. The predicted molar refractivity (Wildman–Crippen MR) is 81.5 cm³/mol. The molecule has 2 aromatic rings. The van der Waals surface area contributed by atoms with Gasteiger partial charge in [0.05, 0.1) is 23.5 Å². The van der Waals surface area contributed by atoms with E-state index in [1.165, 1.54) is 24.3 Å². The van der Waals surface area contributed by atoms with Crippen molar-refractivity contribution in [2.24, 2.45) is 0 Å². The summed E-state index contributed by atoms with van der Waals surface area (Å²) >= 11 is 5.84. The van der Waals surface area contributed by atoms with E-state index in [2.05, 4.69) is 5.32 Å². The fraction of sp³-hybridized carbons (Fsp3) is 0.133. The number of carbonyl (C=O) groups is 1. The smallest absolute Gasteiger partial charge is 0.340 e. The Hall–Kier alpha value is -2.27. The van der Waals surface area contributed by atoms with Gasteiger partial charge in [0, 0.05) is 10.7 Å². The second-order valence-electron chi connectivity index (χ2n) is 4.27. The van der Waals surface area contributed by atoms with Crippen LogP contribution in [0.5, 0.6) is 0 Å². The van der Waals surface area contributed by atoms with Crippen molar-refractivity contribution in [3.63, 3.8) is 0 Å². The number of hydrogen-bond donors (Lipinski definition) is 2. The molecule has 4 nitrogen and oxygen atoms in total. The van der Waals surface area contributed by atoms with Crippen molar-refractivity contribution in [2.45, 2.75) is 6.92 Å². The van der Waals surface area contributed by atoms with Crippen LogP contribution in [0.15, 0.2) is 36.4 Å². The van der Waals surface area contributed by atoms with Crippen molar-refractivity contribution in [1.82, 2.24) is 0 Å². The summed E-state index contributed by atoms with van der Waals surface area (Å²) in [6, 6.07) is 8.78. The fourth-order valence-electron chi connectivity index (χ4n) is 1.79. The Balaban J connectivity index is 2.39. The molecule has 110 valence electrons. The van der Waals surface area contributed by atoms with E-state index in [4.69, 9.17) is 22.1 Å². The van der Waals surface area contributed by atoms with Gasteiger partial charge >= 0.3 is 5.97 Å². The number of nitrogens with two attached hydrogens (primary N) is 1. The van der Waals surface area contributed by atoms with Gasteiger partial charge in [-0.05, 0) is 43.3 Å². The van der Waals surface area contributed by atoms with Crippen LogP contribution in [0.4, 0.5) is 21.5 Å². The van der Waals surface area contributed by atoms with Crippen LogP contribution >= 0.6 is 11.6 Å². The number of nitrogens with one attached hydrogen (secondary N) is 1. The molecule has 0 aliphatic carbocycles. The molecule has 2 rings (SSSR count). The van der Waals surface area contributed by atoms with Gasteiger partial charge in [-0.15, -0.1) is 0 Å². The van der Waals surface area contributed by atoms with Crippen molar-refractivity contribution in [2.75, 3.05) is 17.7 Å². The minimum atomic E-state index is -0.533. The average molecular weight is 309 g/mol. The molecule has 0 atom stereocenters. The van der Waals surface area contributed by atoms with Crippen LogP contribution in [0.2, 0.25) is 5.02 Å². The molecule has 0 bridgehead atoms. The highest BCUT2D eigenvalue weighted by Crippen LogP contribution is 2.27. The van der Waals surface area contributed by atoms with Gasteiger partial charge in [-0.2, -0.15) is 0 Å². The predicted octanol–water partition coefficient (Wildman–Crippen LogP) is 3.98. The van der Waals surface area contributed by atoms with Gasteiger partial charge in [-0.25, -0.2) is 9.18 Å². The number of rotatable bonds is 4. The number of halogens is 2. The summed E-state index contributed by atoms with van der Waals surface area (Å²) in [6.45, 7) is 1.94. The Morgan fingerprint density at radius 2 is 2.05 bits per heavy atom. The maximum absolute atomic E-state index is 13.8. The van der Waals surface area contributed by atoms with E-state index in [0.29, 0.717) is 16.4 Å². The van der Waals surface area contributed by atoms with Crippen LogP contribution in [0.3, 0.4) is 0 Å². The summed E-state index contributed by atoms with van der Waals surface area (Å²) in [7, 11) is 0. The molecule has 0 spiro atoms. The van der Waals surface area contributed by atoms with Crippen LogP contribution in [-0.2, 0) is 4.74 Å². The van der Waals surface area contributed by atoms with E-state index in [9.17, 15) is 9.18 Å². The summed E-state index contributed by atoms with van der Waals surface area (Å²) in [5.74, 6) is -1.01. The van der Waals surface area contributed by atoms with E-state index in [1.807, 2.05) is 0 Å². The number of nitrogen functional groups attached to an aromatic ring is 1. The van der Waals surface area contributed by atoms with Gasteiger partial charge in [0.25, 0.3) is 0 Å². The van der Waals surface area contributed by atoms with E-state index < -0.39 is 11.8 Å². The Labute approximate surface area is 126 Å². The number of ether oxygens (including phenoxy) is 1. The number of esters is 1. The largest absolute Gasteiger partial charge is 0.462 e. The molecule has 0 heterocycles. The van der Waals surface area contributed by atoms with E-state index in [0.717, 1.165) is 0 Å². The number of anilines is 3. The Kier molecular flexibility index (Phi) is 4.65. The maximum atomic E-state index is 13.8. The first-order valence-electron chi connectivity index (χ1n) is 6.30. The second kappa shape index (κ2) is 6.45. The highest BCUT2D eigenvalue weighted by Gasteiger charge is 2.14. The molecule has 0 amide bonds. The van der Waals surface area contributed by atoms with Gasteiger partial charge in [0.2, 0.25) is 0 Å². The summed E-state index contributed by atoms with van der Waals surface area (Å²) in [5, 5.41) is 3.21. The zero-order valence-electron chi connectivity index (χ0n) is 11.3. The van der Waals surface area contributed by atoms with Gasteiger partial charge < -0.3 is 15.8 Å². The van der Waals surface area contributed by atoms with Crippen LogP contribution < -0.4 is 11.1 Å². The van der Waals surface area contributed by atoms with Gasteiger partial charge in [-0.1, -0.05) is 11.6 Å². The molecule has 0 saturated carbocycles. The van der Waals surface area contributed by atoms with Crippen LogP contribution in [-0.4, -0.2) is 12.6 Å². The molecule has 0 saturated heterocycles. The topological polar surface area (TPSA) is 64.3 Å². The highest BCUT2D eigenvalue weighted by atomic mass is 35.5. The minimum Gasteiger partial charge on any atom is -0.462 e. The third-order valence-corrected chi connectivity index (χ3v) is 2.97. The summed E-state index contributed by atoms with van der Waals surface area (Å²) in [6.07, 6.45) is 0. The zero-order valence-corrected chi connectivity index (χ0v) is 12.1. The van der Waals surface area contributed by atoms with E-state index >= 15 is 0 Å². The monoisotopic (exact) mass is 308 g/mol. The minimum absolute atomic E-state index is 0.165. The first kappa shape index (κ1) is 15.1. The van der Waals surface area contributed by atoms with Gasteiger partial charge in [0.1, 0.15) is 5.82 Å².